The smallest absolute Gasteiger partial charge is 0.262 e. The van der Waals surface area contributed by atoms with E-state index in [0.717, 1.165) is 0 Å². The van der Waals surface area contributed by atoms with Gasteiger partial charge in [-0.3, -0.25) is 4.72 Å². The van der Waals surface area contributed by atoms with Gasteiger partial charge in [0, 0.05) is 15.8 Å². The van der Waals surface area contributed by atoms with Gasteiger partial charge in [-0.05, 0) is 30.7 Å². The highest BCUT2D eigenvalue weighted by Crippen LogP contribution is 2.32. The lowest BCUT2D eigenvalue weighted by Crippen LogP contribution is -2.13. The molecule has 0 aliphatic rings. The molecule has 0 saturated heterocycles. The number of sulfonamides is 1. The fraction of sp³-hybridized carbons (Fsp3) is 0.0588. The first kappa shape index (κ1) is 15.7. The zero-order valence-corrected chi connectivity index (χ0v) is 13.9. The highest BCUT2D eigenvalue weighted by atomic mass is 32.2. The van der Waals surface area contributed by atoms with E-state index in [-0.39, 0.29) is 10.7 Å². The molecule has 0 aliphatic heterocycles. The average Bonchev–Trinajstić information content (AvgIpc) is 2.95. The van der Waals surface area contributed by atoms with Crippen molar-refractivity contribution in [1.82, 2.24) is 0 Å². The van der Waals surface area contributed by atoms with Crippen molar-refractivity contribution in [3.05, 3.63) is 71.4 Å². The van der Waals surface area contributed by atoms with Gasteiger partial charge in [0.2, 0.25) is 0 Å². The van der Waals surface area contributed by atoms with E-state index in [4.69, 9.17) is 0 Å². The van der Waals surface area contributed by atoms with Gasteiger partial charge in [-0.25, -0.2) is 12.8 Å². The second-order valence-electron chi connectivity index (χ2n) is 5.05. The maximum absolute atomic E-state index is 13.8. The monoisotopic (exact) mass is 347 g/mol. The van der Waals surface area contributed by atoms with E-state index in [1.807, 2.05) is 0 Å². The van der Waals surface area contributed by atoms with Crippen molar-refractivity contribution in [2.75, 3.05) is 4.72 Å². The molecule has 0 spiro atoms. The van der Waals surface area contributed by atoms with Gasteiger partial charge in [0.25, 0.3) is 10.0 Å². The molecule has 2 aromatic carbocycles. The molecular formula is C17H14FNO2S2. The Labute approximate surface area is 138 Å². The molecule has 1 aromatic heterocycles. The van der Waals surface area contributed by atoms with Crippen LogP contribution in [0.1, 0.15) is 5.56 Å². The molecule has 0 radical (unpaired) electrons. The summed E-state index contributed by atoms with van der Waals surface area (Å²) in [5.41, 5.74) is 1.56. The lowest BCUT2D eigenvalue weighted by Gasteiger charge is -2.08. The number of halogens is 1. The lowest BCUT2D eigenvalue weighted by molar-refractivity contribution is 0.600. The maximum Gasteiger partial charge on any atom is 0.262 e. The van der Waals surface area contributed by atoms with Gasteiger partial charge in [0.1, 0.15) is 5.82 Å². The summed E-state index contributed by atoms with van der Waals surface area (Å²) < 4.78 is 41.3. The fourth-order valence-electron chi connectivity index (χ4n) is 2.26. The van der Waals surface area contributed by atoms with Gasteiger partial charge < -0.3 is 0 Å². The molecule has 118 valence electrons. The Morgan fingerprint density at radius 1 is 1.04 bits per heavy atom. The molecule has 0 saturated carbocycles. The third-order valence-electron chi connectivity index (χ3n) is 3.37. The molecule has 3 nitrogen and oxygen atoms in total. The van der Waals surface area contributed by atoms with E-state index >= 15 is 0 Å². The van der Waals surface area contributed by atoms with Crippen LogP contribution in [0.25, 0.3) is 10.4 Å². The molecule has 0 bridgehead atoms. The summed E-state index contributed by atoms with van der Waals surface area (Å²) in [6.07, 6.45) is 0. The molecular weight excluding hydrogens is 333 g/mol. The van der Waals surface area contributed by atoms with Crippen molar-refractivity contribution in [2.24, 2.45) is 0 Å². The Balaban J connectivity index is 1.91. The molecule has 1 N–H and O–H groups in total. The van der Waals surface area contributed by atoms with Crippen LogP contribution >= 0.6 is 11.3 Å². The Morgan fingerprint density at radius 3 is 2.48 bits per heavy atom. The number of aryl methyl sites for hydroxylation is 1. The zero-order valence-electron chi connectivity index (χ0n) is 12.3. The van der Waals surface area contributed by atoms with E-state index in [1.165, 1.54) is 17.4 Å². The van der Waals surface area contributed by atoms with Crippen molar-refractivity contribution in [2.45, 2.75) is 11.8 Å². The number of hydrogen-bond acceptors (Lipinski definition) is 3. The van der Waals surface area contributed by atoms with Gasteiger partial charge in [-0.2, -0.15) is 0 Å². The number of hydrogen-bond donors (Lipinski definition) is 1. The Kier molecular flexibility index (Phi) is 4.19. The van der Waals surface area contributed by atoms with Crippen LogP contribution in [-0.4, -0.2) is 8.42 Å². The third kappa shape index (κ3) is 3.28. The standard InChI is InChI=1S/C17H14FNO2S2/c1-12-6-2-5-9-17(12)23(20,21)19-13-10-16(22-11-13)14-7-3-4-8-15(14)18/h2-11,19H,1H3. The summed E-state index contributed by atoms with van der Waals surface area (Å²) in [7, 11) is -3.66. The van der Waals surface area contributed by atoms with Crippen LogP contribution in [0, 0.1) is 12.7 Å². The summed E-state index contributed by atoms with van der Waals surface area (Å²) >= 11 is 1.29. The largest absolute Gasteiger partial charge is 0.279 e. The second kappa shape index (κ2) is 6.14. The van der Waals surface area contributed by atoms with Crippen molar-refractivity contribution in [3.63, 3.8) is 0 Å². The van der Waals surface area contributed by atoms with Crippen LogP contribution in [0.2, 0.25) is 0 Å². The number of benzene rings is 2. The minimum absolute atomic E-state index is 0.235. The van der Waals surface area contributed by atoms with Crippen molar-refractivity contribution < 1.29 is 12.8 Å². The fourth-order valence-corrected chi connectivity index (χ4v) is 4.49. The zero-order chi connectivity index (χ0) is 16.4. The first-order chi connectivity index (χ1) is 11.0. The highest BCUT2D eigenvalue weighted by molar-refractivity contribution is 7.92. The summed E-state index contributed by atoms with van der Waals surface area (Å²) in [5, 5.41) is 1.66. The van der Waals surface area contributed by atoms with Crippen molar-refractivity contribution in [3.8, 4) is 10.4 Å². The summed E-state index contributed by atoms with van der Waals surface area (Å²) in [6, 6.07) is 14.8. The van der Waals surface area contributed by atoms with Crippen LogP contribution in [0.5, 0.6) is 0 Å². The molecule has 0 aliphatic carbocycles. The van der Waals surface area contributed by atoms with Crippen LogP contribution in [0.3, 0.4) is 0 Å². The van der Waals surface area contributed by atoms with E-state index in [2.05, 4.69) is 4.72 Å². The quantitative estimate of drug-likeness (QED) is 0.746. The van der Waals surface area contributed by atoms with Crippen molar-refractivity contribution >= 4 is 27.0 Å². The highest BCUT2D eigenvalue weighted by Gasteiger charge is 2.17. The molecule has 0 fully saturated rings. The predicted molar refractivity (Wildman–Crippen MR) is 91.7 cm³/mol. The van der Waals surface area contributed by atoms with E-state index in [9.17, 15) is 12.8 Å². The van der Waals surface area contributed by atoms with Gasteiger partial charge in [0.15, 0.2) is 0 Å². The Morgan fingerprint density at radius 2 is 1.74 bits per heavy atom. The maximum atomic E-state index is 13.8. The molecule has 3 rings (SSSR count). The predicted octanol–water partition coefficient (Wildman–Crippen LogP) is 4.66. The summed E-state index contributed by atoms with van der Waals surface area (Å²) in [6.45, 7) is 1.74. The first-order valence-corrected chi connectivity index (χ1v) is 9.25. The Hall–Kier alpha value is -2.18. The SMILES string of the molecule is Cc1ccccc1S(=O)(=O)Nc1csc(-c2ccccc2F)c1. The van der Waals surface area contributed by atoms with Crippen LogP contribution in [0.4, 0.5) is 10.1 Å². The van der Waals surface area contributed by atoms with Crippen LogP contribution < -0.4 is 4.72 Å². The molecule has 6 heteroatoms. The number of nitrogens with one attached hydrogen (secondary N) is 1. The normalized spacial score (nSPS) is 11.4. The molecule has 1 heterocycles. The minimum Gasteiger partial charge on any atom is -0.279 e. The van der Waals surface area contributed by atoms with E-state index in [0.29, 0.717) is 21.7 Å². The molecule has 0 unspecified atom stereocenters. The molecule has 0 amide bonds. The van der Waals surface area contributed by atoms with Gasteiger partial charge in [-0.15, -0.1) is 11.3 Å². The summed E-state index contributed by atoms with van der Waals surface area (Å²) in [5.74, 6) is -0.331. The van der Waals surface area contributed by atoms with Gasteiger partial charge in [-0.1, -0.05) is 36.4 Å². The molecule has 0 atom stereocenters. The number of anilines is 1. The van der Waals surface area contributed by atoms with E-state index in [1.54, 1.807) is 60.8 Å². The molecule has 3 aromatic rings. The minimum atomic E-state index is -3.66. The van der Waals surface area contributed by atoms with E-state index < -0.39 is 10.0 Å². The average molecular weight is 347 g/mol. The second-order valence-corrected chi connectivity index (χ2v) is 7.61. The number of rotatable bonds is 4. The number of thiophene rings is 1. The topological polar surface area (TPSA) is 46.2 Å². The Bertz CT molecular complexity index is 948. The molecule has 23 heavy (non-hydrogen) atoms. The third-order valence-corrected chi connectivity index (χ3v) is 5.88. The van der Waals surface area contributed by atoms with Gasteiger partial charge in [0.05, 0.1) is 10.6 Å². The van der Waals surface area contributed by atoms with Crippen LogP contribution in [0.15, 0.2) is 64.9 Å². The summed E-state index contributed by atoms with van der Waals surface area (Å²) in [4.78, 5) is 0.907. The van der Waals surface area contributed by atoms with Gasteiger partial charge >= 0.3 is 0 Å². The lowest BCUT2D eigenvalue weighted by atomic mass is 10.2. The first-order valence-electron chi connectivity index (χ1n) is 6.89. The van der Waals surface area contributed by atoms with Crippen LogP contribution in [-0.2, 0) is 10.0 Å². The van der Waals surface area contributed by atoms with Crippen molar-refractivity contribution in [1.29, 1.82) is 0 Å².